The minimum atomic E-state index is -0.308. The maximum absolute atomic E-state index is 13.3. The second-order valence-corrected chi connectivity index (χ2v) is 7.84. The highest BCUT2D eigenvalue weighted by molar-refractivity contribution is 6.34. The van der Waals surface area contributed by atoms with E-state index in [1.165, 1.54) is 4.57 Å². The van der Waals surface area contributed by atoms with Gasteiger partial charge in [-0.3, -0.25) is 13.8 Å². The van der Waals surface area contributed by atoms with E-state index >= 15 is 0 Å². The Balaban J connectivity index is 2.06. The summed E-state index contributed by atoms with van der Waals surface area (Å²) in [6, 6.07) is 15.5. The van der Waals surface area contributed by atoms with Crippen LogP contribution in [0.2, 0.25) is 5.02 Å². The molecule has 0 aliphatic carbocycles. The second-order valence-electron chi connectivity index (χ2n) is 7.41. The zero-order chi connectivity index (χ0) is 19.6. The van der Waals surface area contributed by atoms with E-state index in [1.54, 1.807) is 10.5 Å². The zero-order valence-corrected chi connectivity index (χ0v) is 16.3. The zero-order valence-electron chi connectivity index (χ0n) is 15.6. The van der Waals surface area contributed by atoms with E-state index in [0.29, 0.717) is 29.0 Å². The molecule has 0 amide bonds. The topological polar surface area (TPSA) is 46.7 Å². The van der Waals surface area contributed by atoms with Gasteiger partial charge in [-0.15, -0.1) is 0 Å². The monoisotopic (exact) mass is 391 g/mol. The molecular formula is C22H18ClN3O2. The van der Waals surface area contributed by atoms with Crippen molar-refractivity contribution in [1.82, 2.24) is 13.9 Å². The van der Waals surface area contributed by atoms with Crippen molar-refractivity contribution < 1.29 is 0 Å². The maximum atomic E-state index is 13.3. The Bertz CT molecular complexity index is 1500. The molecule has 0 aliphatic heterocycles. The molecule has 5 rings (SSSR count). The average Bonchev–Trinajstić information content (AvgIpc) is 3.00. The van der Waals surface area contributed by atoms with Crippen molar-refractivity contribution in [3.8, 4) is 0 Å². The van der Waals surface area contributed by atoms with Crippen LogP contribution in [0.1, 0.15) is 0 Å². The molecule has 3 aromatic carbocycles. The van der Waals surface area contributed by atoms with Crippen LogP contribution in [-0.2, 0) is 6.54 Å². The Morgan fingerprint density at radius 2 is 1.71 bits per heavy atom. The molecule has 2 heterocycles. The fourth-order valence-electron chi connectivity index (χ4n) is 4.09. The highest BCUT2D eigenvalue weighted by Crippen LogP contribution is 2.36. The van der Waals surface area contributed by atoms with Gasteiger partial charge >= 0.3 is 5.69 Å². The predicted octanol–water partition coefficient (Wildman–Crippen LogP) is 3.57. The average molecular weight is 392 g/mol. The molecule has 0 spiro atoms. The Labute approximate surface area is 165 Å². The van der Waals surface area contributed by atoms with Gasteiger partial charge in [0.2, 0.25) is 0 Å². The minimum absolute atomic E-state index is 0.293. The highest BCUT2D eigenvalue weighted by atomic mass is 35.5. The van der Waals surface area contributed by atoms with Gasteiger partial charge in [0.1, 0.15) is 0 Å². The molecule has 0 saturated carbocycles. The SMILES string of the molecule is CN(C)CCn1c(=O)c2cc(Cl)cc3c4c5ccccc5ccc4n(c1=O)c23. The quantitative estimate of drug-likeness (QED) is 0.472. The van der Waals surface area contributed by atoms with Crippen molar-refractivity contribution in [3.63, 3.8) is 0 Å². The third-order valence-electron chi connectivity index (χ3n) is 5.38. The van der Waals surface area contributed by atoms with Crippen molar-refractivity contribution in [3.05, 3.63) is 74.4 Å². The van der Waals surface area contributed by atoms with E-state index in [-0.39, 0.29) is 11.2 Å². The lowest BCUT2D eigenvalue weighted by Gasteiger charge is -2.12. The van der Waals surface area contributed by atoms with Gasteiger partial charge < -0.3 is 4.90 Å². The largest absolute Gasteiger partial charge is 0.336 e. The van der Waals surface area contributed by atoms with Crippen molar-refractivity contribution in [1.29, 1.82) is 0 Å². The second kappa shape index (κ2) is 6.06. The highest BCUT2D eigenvalue weighted by Gasteiger charge is 2.20. The van der Waals surface area contributed by atoms with Gasteiger partial charge in [-0.2, -0.15) is 0 Å². The summed E-state index contributed by atoms with van der Waals surface area (Å²) in [5, 5.41) is 4.87. The standard InChI is InChI=1S/C22H18ClN3O2/c1-24(2)9-10-25-21(27)17-12-14(23)11-16-19-15-6-4-3-5-13(15)7-8-18(19)26(20(16)17)22(25)28/h3-8,11-12H,9-10H2,1-2H3. The normalized spacial score (nSPS) is 12.3. The molecule has 140 valence electrons. The Kier molecular flexibility index (Phi) is 3.73. The first-order valence-corrected chi connectivity index (χ1v) is 9.51. The Morgan fingerprint density at radius 1 is 0.964 bits per heavy atom. The summed E-state index contributed by atoms with van der Waals surface area (Å²) >= 11 is 6.39. The van der Waals surface area contributed by atoms with Gasteiger partial charge in [-0.25, -0.2) is 4.79 Å². The van der Waals surface area contributed by atoms with Crippen LogP contribution < -0.4 is 11.2 Å². The third-order valence-corrected chi connectivity index (χ3v) is 5.60. The lowest BCUT2D eigenvalue weighted by molar-refractivity contribution is 0.376. The summed E-state index contributed by atoms with van der Waals surface area (Å²) in [5.74, 6) is 0. The molecule has 0 saturated heterocycles. The van der Waals surface area contributed by atoms with Crippen LogP contribution in [0, 0.1) is 0 Å². The van der Waals surface area contributed by atoms with Crippen LogP contribution in [0.15, 0.2) is 58.1 Å². The summed E-state index contributed by atoms with van der Waals surface area (Å²) in [7, 11) is 3.83. The summed E-state index contributed by atoms with van der Waals surface area (Å²) in [5.41, 5.74) is 0.840. The van der Waals surface area contributed by atoms with Crippen LogP contribution in [0.4, 0.5) is 0 Å². The van der Waals surface area contributed by atoms with Crippen molar-refractivity contribution in [2.75, 3.05) is 20.6 Å². The molecule has 5 aromatic rings. The first-order valence-electron chi connectivity index (χ1n) is 9.13. The molecule has 2 aromatic heterocycles. The number of hydrogen-bond donors (Lipinski definition) is 0. The summed E-state index contributed by atoms with van der Waals surface area (Å²) in [6.45, 7) is 0.921. The number of fused-ring (bicyclic) bond motifs is 5. The van der Waals surface area contributed by atoms with Gasteiger partial charge in [0, 0.05) is 28.9 Å². The lowest BCUT2D eigenvalue weighted by Crippen LogP contribution is -2.39. The van der Waals surface area contributed by atoms with Crippen molar-refractivity contribution in [2.45, 2.75) is 6.54 Å². The molecule has 6 heteroatoms. The van der Waals surface area contributed by atoms with Crippen LogP contribution in [0.25, 0.3) is 38.0 Å². The molecule has 0 N–H and O–H groups in total. The van der Waals surface area contributed by atoms with E-state index in [9.17, 15) is 9.59 Å². The number of aromatic nitrogens is 2. The Hall–Kier alpha value is -2.89. The molecule has 0 fully saturated rings. The first-order chi connectivity index (χ1) is 13.5. The molecule has 0 unspecified atom stereocenters. The van der Waals surface area contributed by atoms with Gasteiger partial charge in [-0.1, -0.05) is 41.9 Å². The summed E-state index contributed by atoms with van der Waals surface area (Å²) in [6.07, 6.45) is 0. The van der Waals surface area contributed by atoms with E-state index in [2.05, 4.69) is 0 Å². The van der Waals surface area contributed by atoms with E-state index in [0.717, 1.165) is 27.1 Å². The number of halogens is 1. The summed E-state index contributed by atoms with van der Waals surface area (Å²) < 4.78 is 2.98. The van der Waals surface area contributed by atoms with E-state index in [1.807, 2.05) is 61.5 Å². The molecule has 0 radical (unpaired) electrons. The van der Waals surface area contributed by atoms with E-state index in [4.69, 9.17) is 11.6 Å². The van der Waals surface area contributed by atoms with Gasteiger partial charge in [0.15, 0.2) is 0 Å². The van der Waals surface area contributed by atoms with Gasteiger partial charge in [0.25, 0.3) is 5.56 Å². The molecule has 0 aliphatic rings. The van der Waals surface area contributed by atoms with Crippen LogP contribution in [-0.4, -0.2) is 34.5 Å². The van der Waals surface area contributed by atoms with Crippen LogP contribution in [0.5, 0.6) is 0 Å². The number of hydrogen-bond acceptors (Lipinski definition) is 3. The van der Waals surface area contributed by atoms with Crippen LogP contribution in [0.3, 0.4) is 0 Å². The van der Waals surface area contributed by atoms with Crippen LogP contribution >= 0.6 is 11.6 Å². The molecule has 0 atom stereocenters. The number of nitrogens with zero attached hydrogens (tertiary/aromatic N) is 3. The predicted molar refractivity (Wildman–Crippen MR) is 115 cm³/mol. The first kappa shape index (κ1) is 17.2. The molecule has 28 heavy (non-hydrogen) atoms. The molecular weight excluding hydrogens is 374 g/mol. The van der Waals surface area contributed by atoms with Crippen molar-refractivity contribution in [2.24, 2.45) is 0 Å². The fourth-order valence-corrected chi connectivity index (χ4v) is 4.31. The third kappa shape index (κ3) is 2.30. The number of benzene rings is 3. The maximum Gasteiger partial charge on any atom is 0.336 e. The van der Waals surface area contributed by atoms with Gasteiger partial charge in [-0.05, 0) is 43.1 Å². The summed E-state index contributed by atoms with van der Waals surface area (Å²) in [4.78, 5) is 28.4. The number of likely N-dealkylation sites (N-methyl/N-ethyl adjacent to an activating group) is 1. The van der Waals surface area contributed by atoms with E-state index < -0.39 is 0 Å². The lowest BCUT2D eigenvalue weighted by atomic mass is 10.0. The Morgan fingerprint density at radius 3 is 2.50 bits per heavy atom. The molecule has 0 bridgehead atoms. The molecule has 5 nitrogen and oxygen atoms in total. The van der Waals surface area contributed by atoms with Crippen molar-refractivity contribution >= 4 is 49.6 Å². The van der Waals surface area contributed by atoms with Gasteiger partial charge in [0.05, 0.1) is 16.4 Å². The smallest absolute Gasteiger partial charge is 0.308 e. The fraction of sp³-hybridized carbons (Fsp3) is 0.182. The number of rotatable bonds is 3. The minimum Gasteiger partial charge on any atom is -0.308 e.